The van der Waals surface area contributed by atoms with E-state index in [1.807, 2.05) is 18.2 Å². The first-order chi connectivity index (χ1) is 10.2. The molecule has 0 atom stereocenters. The van der Waals surface area contributed by atoms with Crippen LogP contribution in [0.5, 0.6) is 0 Å². The van der Waals surface area contributed by atoms with Crippen LogP contribution in [-0.4, -0.2) is 34.3 Å². The number of nitrogens with zero attached hydrogens (tertiary/aromatic N) is 2. The van der Waals surface area contributed by atoms with Crippen molar-refractivity contribution in [2.45, 2.75) is 6.92 Å². The number of aromatic nitrogens is 1. The third kappa shape index (κ3) is 2.98. The van der Waals surface area contributed by atoms with Gasteiger partial charge in [0.05, 0.1) is 18.1 Å². The lowest BCUT2D eigenvalue weighted by Gasteiger charge is -1.94. The van der Waals surface area contributed by atoms with Gasteiger partial charge in [0.25, 0.3) is 5.91 Å². The largest absolute Gasteiger partial charge is 0.441 e. The molecule has 0 unspecified atom stereocenters. The second-order valence-electron chi connectivity index (χ2n) is 4.44. The lowest BCUT2D eigenvalue weighted by molar-refractivity contribution is -0.115. The zero-order chi connectivity index (χ0) is 14.8. The smallest absolute Gasteiger partial charge is 0.264 e. The molecule has 0 spiro atoms. The molecule has 2 N–H and O–H groups in total. The molecule has 2 heterocycles. The Balaban J connectivity index is 1.87. The summed E-state index contributed by atoms with van der Waals surface area (Å²) in [4.78, 5) is 20.7. The van der Waals surface area contributed by atoms with Crippen molar-refractivity contribution in [2.24, 2.45) is 4.99 Å². The van der Waals surface area contributed by atoms with Crippen LogP contribution in [0.1, 0.15) is 11.5 Å². The lowest BCUT2D eigenvalue weighted by Crippen LogP contribution is -2.20. The molecule has 0 bridgehead atoms. The fourth-order valence-corrected chi connectivity index (χ4v) is 2.80. The van der Waals surface area contributed by atoms with Gasteiger partial charge in [0, 0.05) is 6.92 Å². The van der Waals surface area contributed by atoms with Crippen LogP contribution in [0, 0.1) is 6.92 Å². The Hall–Kier alpha value is -2.12. The van der Waals surface area contributed by atoms with Crippen molar-refractivity contribution in [3.8, 4) is 0 Å². The number of amidine groups is 1. The van der Waals surface area contributed by atoms with Gasteiger partial charge in [0.2, 0.25) is 0 Å². The SMILES string of the molecule is Cc1nc2ccc(/C=C3\S/C(=N\CCO)NC3=O)cc2o1. The normalized spacial score (nSPS) is 18.9. The van der Waals surface area contributed by atoms with E-state index in [0.717, 1.165) is 11.1 Å². The van der Waals surface area contributed by atoms with Crippen molar-refractivity contribution >= 4 is 40.0 Å². The molecule has 1 fully saturated rings. The molecule has 1 aromatic carbocycles. The van der Waals surface area contributed by atoms with E-state index >= 15 is 0 Å². The van der Waals surface area contributed by atoms with Gasteiger partial charge >= 0.3 is 0 Å². The number of rotatable bonds is 3. The minimum absolute atomic E-state index is 0.0412. The average Bonchev–Trinajstić information content (AvgIpc) is 2.98. The van der Waals surface area contributed by atoms with Gasteiger partial charge in [-0.3, -0.25) is 9.79 Å². The highest BCUT2D eigenvalue weighted by molar-refractivity contribution is 8.18. The van der Waals surface area contributed by atoms with Gasteiger partial charge in [0.15, 0.2) is 16.6 Å². The summed E-state index contributed by atoms with van der Waals surface area (Å²) in [6, 6.07) is 5.59. The molecule has 108 valence electrons. The van der Waals surface area contributed by atoms with Gasteiger partial charge in [-0.1, -0.05) is 6.07 Å². The molecule has 0 saturated carbocycles. The van der Waals surface area contributed by atoms with Crippen LogP contribution in [0.25, 0.3) is 17.2 Å². The topological polar surface area (TPSA) is 87.7 Å². The molecular formula is C14H13N3O3S. The van der Waals surface area contributed by atoms with Gasteiger partial charge in [-0.15, -0.1) is 0 Å². The third-order valence-corrected chi connectivity index (χ3v) is 3.77. The number of aryl methyl sites for hydroxylation is 1. The molecular weight excluding hydrogens is 290 g/mol. The van der Waals surface area contributed by atoms with Crippen molar-refractivity contribution in [3.05, 3.63) is 34.6 Å². The van der Waals surface area contributed by atoms with Crippen LogP contribution in [-0.2, 0) is 4.79 Å². The molecule has 0 aliphatic carbocycles. The number of oxazole rings is 1. The second kappa shape index (κ2) is 5.71. The summed E-state index contributed by atoms with van der Waals surface area (Å²) < 4.78 is 5.47. The Kier molecular flexibility index (Phi) is 3.76. The maximum absolute atomic E-state index is 11.8. The lowest BCUT2D eigenvalue weighted by atomic mass is 10.2. The van der Waals surface area contributed by atoms with Crippen LogP contribution in [0.2, 0.25) is 0 Å². The van der Waals surface area contributed by atoms with E-state index in [-0.39, 0.29) is 19.1 Å². The number of carbonyl (C=O) groups excluding carboxylic acids is 1. The van der Waals surface area contributed by atoms with E-state index in [1.165, 1.54) is 11.8 Å². The summed E-state index contributed by atoms with van der Waals surface area (Å²) in [6.45, 7) is 2.03. The number of carbonyl (C=O) groups is 1. The molecule has 7 heteroatoms. The molecule has 6 nitrogen and oxygen atoms in total. The summed E-state index contributed by atoms with van der Waals surface area (Å²) in [5, 5.41) is 11.9. The zero-order valence-corrected chi connectivity index (χ0v) is 12.1. The van der Waals surface area contributed by atoms with Gasteiger partial charge in [-0.2, -0.15) is 0 Å². The number of nitrogens with one attached hydrogen (secondary N) is 1. The summed E-state index contributed by atoms with van der Waals surface area (Å²) in [5.41, 5.74) is 2.35. The van der Waals surface area contributed by atoms with Crippen LogP contribution < -0.4 is 5.32 Å². The minimum atomic E-state index is -0.189. The molecule has 1 aliphatic heterocycles. The maximum Gasteiger partial charge on any atom is 0.264 e. The molecule has 1 aliphatic rings. The first-order valence-electron chi connectivity index (χ1n) is 6.39. The molecule has 1 saturated heterocycles. The van der Waals surface area contributed by atoms with E-state index in [4.69, 9.17) is 9.52 Å². The Morgan fingerprint density at radius 2 is 2.38 bits per heavy atom. The van der Waals surface area contributed by atoms with Crippen LogP contribution in [0.3, 0.4) is 0 Å². The van der Waals surface area contributed by atoms with Gasteiger partial charge in [-0.05, 0) is 35.5 Å². The highest BCUT2D eigenvalue weighted by Gasteiger charge is 2.23. The van der Waals surface area contributed by atoms with Crippen molar-refractivity contribution in [2.75, 3.05) is 13.2 Å². The predicted molar refractivity (Wildman–Crippen MR) is 81.8 cm³/mol. The number of thioether (sulfide) groups is 1. The first-order valence-corrected chi connectivity index (χ1v) is 7.21. The number of aliphatic imine (C=N–C) groups is 1. The van der Waals surface area contributed by atoms with Crippen LogP contribution in [0.4, 0.5) is 0 Å². The molecule has 1 amide bonds. The number of fused-ring (bicyclic) bond motifs is 1. The summed E-state index contributed by atoms with van der Waals surface area (Å²) in [5.74, 6) is 0.423. The number of amides is 1. The standard InChI is InChI=1S/C14H13N3O3S/c1-8-16-10-3-2-9(6-11(10)20-8)7-12-13(19)17-14(21-12)15-4-5-18/h2-3,6-7,18H,4-5H2,1H3,(H,15,17,19)/b12-7-. The number of hydrogen-bond acceptors (Lipinski definition) is 6. The van der Waals surface area contributed by atoms with Crippen molar-refractivity contribution in [1.82, 2.24) is 10.3 Å². The monoisotopic (exact) mass is 303 g/mol. The maximum atomic E-state index is 11.8. The molecule has 0 radical (unpaired) electrons. The van der Waals surface area contributed by atoms with E-state index in [9.17, 15) is 4.79 Å². The number of aliphatic hydroxyl groups excluding tert-OH is 1. The molecule has 1 aromatic heterocycles. The fourth-order valence-electron chi connectivity index (χ4n) is 1.95. The van der Waals surface area contributed by atoms with Gasteiger partial charge in [-0.25, -0.2) is 4.98 Å². The van der Waals surface area contributed by atoms with E-state index < -0.39 is 0 Å². The molecule has 3 rings (SSSR count). The number of benzene rings is 1. The van der Waals surface area contributed by atoms with Crippen molar-refractivity contribution in [3.63, 3.8) is 0 Å². The number of aliphatic hydroxyl groups is 1. The highest BCUT2D eigenvalue weighted by Crippen LogP contribution is 2.27. The van der Waals surface area contributed by atoms with Gasteiger partial charge < -0.3 is 14.8 Å². The Morgan fingerprint density at radius 1 is 1.52 bits per heavy atom. The van der Waals surface area contributed by atoms with Crippen molar-refractivity contribution in [1.29, 1.82) is 0 Å². The molecule has 2 aromatic rings. The second-order valence-corrected chi connectivity index (χ2v) is 5.47. The van der Waals surface area contributed by atoms with Crippen LogP contribution >= 0.6 is 11.8 Å². The third-order valence-electron chi connectivity index (χ3n) is 2.82. The Morgan fingerprint density at radius 3 is 3.19 bits per heavy atom. The van der Waals surface area contributed by atoms with E-state index in [0.29, 0.717) is 21.5 Å². The Labute approximate surface area is 125 Å². The average molecular weight is 303 g/mol. The van der Waals surface area contributed by atoms with Crippen LogP contribution in [0.15, 0.2) is 32.5 Å². The highest BCUT2D eigenvalue weighted by atomic mass is 32.2. The fraction of sp³-hybridized carbons (Fsp3) is 0.214. The van der Waals surface area contributed by atoms with Crippen molar-refractivity contribution < 1.29 is 14.3 Å². The van der Waals surface area contributed by atoms with E-state index in [2.05, 4.69) is 15.3 Å². The summed E-state index contributed by atoms with van der Waals surface area (Å²) in [7, 11) is 0. The summed E-state index contributed by atoms with van der Waals surface area (Å²) >= 11 is 1.26. The van der Waals surface area contributed by atoms with Gasteiger partial charge in [0.1, 0.15) is 5.52 Å². The van der Waals surface area contributed by atoms with E-state index in [1.54, 1.807) is 13.0 Å². The zero-order valence-electron chi connectivity index (χ0n) is 11.3. The minimum Gasteiger partial charge on any atom is -0.441 e. The first kappa shape index (κ1) is 13.8. The summed E-state index contributed by atoms with van der Waals surface area (Å²) in [6.07, 6.45) is 1.78. The quantitative estimate of drug-likeness (QED) is 0.842. The number of hydrogen-bond donors (Lipinski definition) is 2. The Bertz CT molecular complexity index is 764. The predicted octanol–water partition coefficient (Wildman–Crippen LogP) is 1.69. The molecule has 21 heavy (non-hydrogen) atoms.